The molecular formula is C20H30N2O2. The molecule has 4 atom stereocenters. The molecule has 2 fully saturated rings. The standard InChI is InChI=1S/C20H30N2O2/c1-14-17-13-22(19(23)24-20(2,3)4)12-16(17)10-18(14)21-11-15-8-6-5-7-9-15/h5-9,14,16-18,21H,10-13H2,1-4H3. The van der Waals surface area contributed by atoms with Gasteiger partial charge in [-0.05, 0) is 50.5 Å². The highest BCUT2D eigenvalue weighted by molar-refractivity contribution is 5.68. The van der Waals surface area contributed by atoms with Crippen LogP contribution in [-0.4, -0.2) is 35.7 Å². The number of likely N-dealkylation sites (tertiary alicyclic amines) is 1. The molecule has 1 aromatic carbocycles. The van der Waals surface area contributed by atoms with Crippen LogP contribution < -0.4 is 5.32 Å². The summed E-state index contributed by atoms with van der Waals surface area (Å²) in [6, 6.07) is 11.1. The lowest BCUT2D eigenvalue weighted by Gasteiger charge is -2.27. The average Bonchev–Trinajstić information content (AvgIpc) is 3.05. The molecule has 1 saturated carbocycles. The van der Waals surface area contributed by atoms with Crippen LogP contribution in [0.25, 0.3) is 0 Å². The Morgan fingerprint density at radius 1 is 1.25 bits per heavy atom. The van der Waals surface area contributed by atoms with Crippen LogP contribution in [0.1, 0.15) is 39.7 Å². The molecule has 132 valence electrons. The molecule has 1 N–H and O–H groups in total. The minimum Gasteiger partial charge on any atom is -0.444 e. The Labute approximate surface area is 145 Å². The van der Waals surface area contributed by atoms with E-state index in [1.807, 2.05) is 25.7 Å². The number of rotatable bonds is 3. The van der Waals surface area contributed by atoms with Crippen molar-refractivity contribution in [3.8, 4) is 0 Å². The Morgan fingerprint density at radius 2 is 1.96 bits per heavy atom. The van der Waals surface area contributed by atoms with E-state index in [9.17, 15) is 4.79 Å². The highest BCUT2D eigenvalue weighted by atomic mass is 16.6. The van der Waals surface area contributed by atoms with Crippen molar-refractivity contribution in [2.75, 3.05) is 13.1 Å². The highest BCUT2D eigenvalue weighted by Crippen LogP contribution is 2.42. The van der Waals surface area contributed by atoms with Crippen molar-refractivity contribution in [3.05, 3.63) is 35.9 Å². The molecule has 4 nitrogen and oxygen atoms in total. The van der Waals surface area contributed by atoms with Crippen LogP contribution in [0.4, 0.5) is 4.79 Å². The second kappa shape index (κ2) is 6.75. The van der Waals surface area contributed by atoms with Gasteiger partial charge in [-0.3, -0.25) is 0 Å². The van der Waals surface area contributed by atoms with Gasteiger partial charge >= 0.3 is 6.09 Å². The number of carbonyl (C=O) groups is 1. The lowest BCUT2D eigenvalue weighted by molar-refractivity contribution is 0.0274. The summed E-state index contributed by atoms with van der Waals surface area (Å²) in [5.74, 6) is 1.78. The van der Waals surface area contributed by atoms with E-state index in [2.05, 4.69) is 42.6 Å². The molecule has 3 rings (SSSR count). The fourth-order valence-corrected chi connectivity index (χ4v) is 4.17. The number of hydrogen-bond donors (Lipinski definition) is 1. The van der Waals surface area contributed by atoms with Crippen molar-refractivity contribution in [2.24, 2.45) is 17.8 Å². The number of fused-ring (bicyclic) bond motifs is 1. The van der Waals surface area contributed by atoms with Gasteiger partial charge < -0.3 is 15.0 Å². The summed E-state index contributed by atoms with van der Waals surface area (Å²) in [5.41, 5.74) is 0.914. The third-order valence-electron chi connectivity index (χ3n) is 5.42. The number of benzene rings is 1. The van der Waals surface area contributed by atoms with Crippen LogP contribution in [0.15, 0.2) is 30.3 Å². The Kier molecular flexibility index (Phi) is 4.86. The molecule has 1 aliphatic heterocycles. The summed E-state index contributed by atoms with van der Waals surface area (Å²) >= 11 is 0. The first-order valence-corrected chi connectivity index (χ1v) is 9.09. The molecule has 0 aromatic heterocycles. The predicted octanol–water partition coefficient (Wildman–Crippen LogP) is 3.67. The quantitative estimate of drug-likeness (QED) is 0.919. The topological polar surface area (TPSA) is 41.6 Å². The van der Waals surface area contributed by atoms with Crippen LogP contribution in [0, 0.1) is 17.8 Å². The van der Waals surface area contributed by atoms with E-state index < -0.39 is 5.60 Å². The molecule has 1 aromatic rings. The van der Waals surface area contributed by atoms with Gasteiger partial charge in [0.2, 0.25) is 0 Å². The van der Waals surface area contributed by atoms with Crippen molar-refractivity contribution < 1.29 is 9.53 Å². The van der Waals surface area contributed by atoms with Gasteiger partial charge in [-0.2, -0.15) is 0 Å². The van der Waals surface area contributed by atoms with Crippen LogP contribution in [0.3, 0.4) is 0 Å². The van der Waals surface area contributed by atoms with E-state index in [4.69, 9.17) is 4.74 Å². The van der Waals surface area contributed by atoms with Gasteiger partial charge in [0.25, 0.3) is 0 Å². The fourth-order valence-electron chi connectivity index (χ4n) is 4.17. The maximum Gasteiger partial charge on any atom is 0.410 e. The molecule has 1 amide bonds. The molecule has 4 heteroatoms. The largest absolute Gasteiger partial charge is 0.444 e. The second-order valence-corrected chi connectivity index (χ2v) is 8.38. The normalized spacial score (nSPS) is 29.6. The van der Waals surface area contributed by atoms with Gasteiger partial charge in [0.1, 0.15) is 5.60 Å². The van der Waals surface area contributed by atoms with Crippen molar-refractivity contribution in [3.63, 3.8) is 0 Å². The second-order valence-electron chi connectivity index (χ2n) is 8.38. The smallest absolute Gasteiger partial charge is 0.410 e. The van der Waals surface area contributed by atoms with E-state index in [1.165, 1.54) is 5.56 Å². The monoisotopic (exact) mass is 330 g/mol. The number of nitrogens with one attached hydrogen (secondary N) is 1. The minimum absolute atomic E-state index is 0.155. The number of hydrogen-bond acceptors (Lipinski definition) is 3. The van der Waals surface area contributed by atoms with E-state index >= 15 is 0 Å². The molecule has 4 unspecified atom stereocenters. The van der Waals surface area contributed by atoms with Crippen molar-refractivity contribution in [1.82, 2.24) is 10.2 Å². The first-order chi connectivity index (χ1) is 11.3. The van der Waals surface area contributed by atoms with E-state index in [-0.39, 0.29) is 6.09 Å². The third-order valence-corrected chi connectivity index (χ3v) is 5.42. The van der Waals surface area contributed by atoms with Crippen molar-refractivity contribution in [1.29, 1.82) is 0 Å². The summed E-state index contributed by atoms with van der Waals surface area (Å²) in [4.78, 5) is 14.2. The van der Waals surface area contributed by atoms with Gasteiger partial charge in [-0.15, -0.1) is 0 Å². The highest BCUT2D eigenvalue weighted by Gasteiger charge is 2.47. The molecule has 0 spiro atoms. The van der Waals surface area contributed by atoms with E-state index in [1.54, 1.807) is 0 Å². The molecule has 1 saturated heterocycles. The fraction of sp³-hybridized carbons (Fsp3) is 0.650. The van der Waals surface area contributed by atoms with Crippen LogP contribution in [0.5, 0.6) is 0 Å². The van der Waals surface area contributed by atoms with Crippen LogP contribution in [-0.2, 0) is 11.3 Å². The SMILES string of the molecule is CC1C(NCc2ccccc2)CC2CN(C(=O)OC(C)(C)C)CC21. The first-order valence-electron chi connectivity index (χ1n) is 9.09. The summed E-state index contributed by atoms with van der Waals surface area (Å²) in [6.45, 7) is 10.7. The Hall–Kier alpha value is -1.55. The number of ether oxygens (including phenoxy) is 1. The molecule has 0 radical (unpaired) electrons. The van der Waals surface area contributed by atoms with Gasteiger partial charge in [0.15, 0.2) is 0 Å². The first kappa shape index (κ1) is 17.3. The van der Waals surface area contributed by atoms with Crippen LogP contribution in [0.2, 0.25) is 0 Å². The van der Waals surface area contributed by atoms with Gasteiger partial charge in [0.05, 0.1) is 0 Å². The predicted molar refractivity (Wildman–Crippen MR) is 95.6 cm³/mol. The Morgan fingerprint density at radius 3 is 2.58 bits per heavy atom. The molecule has 0 bridgehead atoms. The Bertz CT molecular complexity index is 567. The van der Waals surface area contributed by atoms with Gasteiger partial charge in [-0.25, -0.2) is 4.79 Å². The van der Waals surface area contributed by atoms with E-state index in [0.29, 0.717) is 23.8 Å². The zero-order chi connectivity index (χ0) is 17.3. The minimum atomic E-state index is -0.416. The maximum absolute atomic E-state index is 12.3. The lowest BCUT2D eigenvalue weighted by Crippen LogP contribution is -2.39. The number of nitrogens with zero attached hydrogens (tertiary/aromatic N) is 1. The lowest BCUT2D eigenvalue weighted by atomic mass is 9.93. The van der Waals surface area contributed by atoms with Crippen LogP contribution >= 0.6 is 0 Å². The summed E-state index contributed by atoms with van der Waals surface area (Å²) < 4.78 is 5.53. The van der Waals surface area contributed by atoms with Gasteiger partial charge in [0, 0.05) is 25.7 Å². The summed E-state index contributed by atoms with van der Waals surface area (Å²) in [6.07, 6.45) is 0.996. The molecular weight excluding hydrogens is 300 g/mol. The molecule has 1 heterocycles. The van der Waals surface area contributed by atoms with Crippen molar-refractivity contribution in [2.45, 2.75) is 52.3 Å². The zero-order valence-corrected chi connectivity index (χ0v) is 15.3. The molecule has 2 aliphatic rings. The maximum atomic E-state index is 12.3. The Balaban J connectivity index is 1.52. The average molecular weight is 330 g/mol. The number of amides is 1. The molecule has 24 heavy (non-hydrogen) atoms. The van der Waals surface area contributed by atoms with Crippen molar-refractivity contribution >= 4 is 6.09 Å². The summed E-state index contributed by atoms with van der Waals surface area (Å²) in [7, 11) is 0. The van der Waals surface area contributed by atoms with Gasteiger partial charge in [-0.1, -0.05) is 37.3 Å². The number of carbonyl (C=O) groups excluding carboxylic acids is 1. The van der Waals surface area contributed by atoms with E-state index in [0.717, 1.165) is 26.1 Å². The summed E-state index contributed by atoms with van der Waals surface area (Å²) in [5, 5.41) is 3.72. The zero-order valence-electron chi connectivity index (χ0n) is 15.3. The third kappa shape index (κ3) is 3.92. The molecule has 1 aliphatic carbocycles.